The van der Waals surface area contributed by atoms with E-state index in [1.807, 2.05) is 13.1 Å². The molecule has 20 heavy (non-hydrogen) atoms. The van der Waals surface area contributed by atoms with Gasteiger partial charge in [-0.15, -0.1) is 19.0 Å². The lowest BCUT2D eigenvalue weighted by Gasteiger charge is -2.20. The zero-order valence-electron chi connectivity index (χ0n) is 12.2. The summed E-state index contributed by atoms with van der Waals surface area (Å²) in [6.45, 7) is 9.34. The van der Waals surface area contributed by atoms with Crippen molar-refractivity contribution in [3.8, 4) is 0 Å². The second kappa shape index (κ2) is 6.79. The minimum absolute atomic E-state index is 0. The number of benzene rings is 1. The van der Waals surface area contributed by atoms with E-state index in [1.54, 1.807) is 0 Å². The van der Waals surface area contributed by atoms with Crippen molar-refractivity contribution in [3.05, 3.63) is 46.6 Å². The summed E-state index contributed by atoms with van der Waals surface area (Å²) in [6.07, 6.45) is 3.03. The number of likely N-dealkylation sites (N-methyl/N-ethyl adjacent to an activating group) is 1. The number of rotatable bonds is 5. The smallest absolute Gasteiger partial charge is 0.0470 e. The van der Waals surface area contributed by atoms with Crippen molar-refractivity contribution >= 4 is 39.2 Å². The summed E-state index contributed by atoms with van der Waals surface area (Å²) >= 11 is 3.53. The van der Waals surface area contributed by atoms with Crippen LogP contribution in [-0.2, 0) is 11.8 Å². The second-order valence-corrected chi connectivity index (χ2v) is 6.36. The Labute approximate surface area is 135 Å². The van der Waals surface area contributed by atoms with E-state index in [-0.39, 0.29) is 17.8 Å². The van der Waals surface area contributed by atoms with Crippen LogP contribution < -0.4 is 5.32 Å². The van der Waals surface area contributed by atoms with Gasteiger partial charge in [0.25, 0.3) is 0 Å². The van der Waals surface area contributed by atoms with Crippen LogP contribution in [0.2, 0.25) is 0 Å². The maximum atomic E-state index is 3.97. The highest BCUT2D eigenvalue weighted by atomic mass is 79.9. The van der Waals surface area contributed by atoms with Gasteiger partial charge in [0, 0.05) is 26.5 Å². The number of allylic oxidation sites excluding steroid dienone is 1. The van der Waals surface area contributed by atoms with Gasteiger partial charge in [-0.1, -0.05) is 41.9 Å². The summed E-state index contributed by atoms with van der Waals surface area (Å²) in [6, 6.07) is 6.42. The van der Waals surface area contributed by atoms with Gasteiger partial charge < -0.3 is 10.3 Å². The predicted octanol–water partition coefficient (Wildman–Crippen LogP) is 4.58. The van der Waals surface area contributed by atoms with Crippen LogP contribution >= 0.6 is 28.3 Å². The highest BCUT2D eigenvalue weighted by Crippen LogP contribution is 2.33. The van der Waals surface area contributed by atoms with E-state index in [4.69, 9.17) is 0 Å². The normalized spacial score (nSPS) is 11.4. The van der Waals surface area contributed by atoms with Crippen LogP contribution in [0.3, 0.4) is 0 Å². The molecule has 0 aliphatic carbocycles. The van der Waals surface area contributed by atoms with E-state index in [2.05, 4.69) is 64.9 Å². The standard InChI is InChI=1S/C16H21BrN2.ClH/c1-5-16(2,3)15-13(8-9-18-4)12-7-6-11(17)10-14(12)19-15;/h5-7,10,18-19H,1,8-9H2,2-4H3;1H. The van der Waals surface area contributed by atoms with Gasteiger partial charge in [0.05, 0.1) is 0 Å². The number of hydrogen-bond acceptors (Lipinski definition) is 1. The summed E-state index contributed by atoms with van der Waals surface area (Å²) < 4.78 is 1.10. The molecule has 0 unspecified atom stereocenters. The van der Waals surface area contributed by atoms with E-state index in [0.717, 1.165) is 17.4 Å². The zero-order valence-corrected chi connectivity index (χ0v) is 14.6. The van der Waals surface area contributed by atoms with Crippen molar-refractivity contribution in [2.75, 3.05) is 13.6 Å². The minimum atomic E-state index is -0.0471. The highest BCUT2D eigenvalue weighted by molar-refractivity contribution is 9.10. The predicted molar refractivity (Wildman–Crippen MR) is 94.1 cm³/mol. The van der Waals surface area contributed by atoms with Gasteiger partial charge in [0.2, 0.25) is 0 Å². The Hall–Kier alpha value is -0.770. The molecule has 0 aliphatic heterocycles. The summed E-state index contributed by atoms with van der Waals surface area (Å²) in [4.78, 5) is 3.58. The number of nitrogens with one attached hydrogen (secondary N) is 2. The van der Waals surface area contributed by atoms with Crippen LogP contribution in [0.15, 0.2) is 35.3 Å². The third kappa shape index (κ3) is 3.27. The summed E-state index contributed by atoms with van der Waals surface area (Å²) in [5, 5.41) is 4.54. The third-order valence-electron chi connectivity index (χ3n) is 3.65. The van der Waals surface area contributed by atoms with Crippen LogP contribution in [0, 0.1) is 0 Å². The molecule has 110 valence electrons. The maximum Gasteiger partial charge on any atom is 0.0470 e. The van der Waals surface area contributed by atoms with Gasteiger partial charge in [-0.05, 0) is 37.7 Å². The van der Waals surface area contributed by atoms with Gasteiger partial charge in [0.1, 0.15) is 0 Å². The molecule has 0 atom stereocenters. The van der Waals surface area contributed by atoms with Crippen molar-refractivity contribution in [3.63, 3.8) is 0 Å². The number of H-pyrrole nitrogens is 1. The largest absolute Gasteiger partial charge is 0.357 e. The SMILES string of the molecule is C=CC(C)(C)c1[nH]c2cc(Br)ccc2c1CCNC.Cl. The van der Waals surface area contributed by atoms with Gasteiger partial charge in [-0.2, -0.15) is 0 Å². The fourth-order valence-electron chi connectivity index (χ4n) is 2.39. The fraction of sp³-hybridized carbons (Fsp3) is 0.375. The van der Waals surface area contributed by atoms with E-state index in [9.17, 15) is 0 Å². The number of hydrogen-bond donors (Lipinski definition) is 2. The van der Waals surface area contributed by atoms with E-state index < -0.39 is 0 Å². The van der Waals surface area contributed by atoms with Crippen molar-refractivity contribution < 1.29 is 0 Å². The number of aromatic nitrogens is 1. The molecule has 0 saturated heterocycles. The maximum absolute atomic E-state index is 3.97. The van der Waals surface area contributed by atoms with E-state index in [1.165, 1.54) is 22.2 Å². The minimum Gasteiger partial charge on any atom is -0.357 e. The first-order valence-corrected chi connectivity index (χ1v) is 7.37. The second-order valence-electron chi connectivity index (χ2n) is 5.45. The molecule has 0 fully saturated rings. The van der Waals surface area contributed by atoms with E-state index >= 15 is 0 Å². The molecule has 1 aromatic carbocycles. The molecule has 2 nitrogen and oxygen atoms in total. The van der Waals surface area contributed by atoms with Crippen LogP contribution in [0.25, 0.3) is 10.9 Å². The Kier molecular flexibility index (Phi) is 5.87. The lowest BCUT2D eigenvalue weighted by molar-refractivity contribution is 0.638. The van der Waals surface area contributed by atoms with Crippen molar-refractivity contribution in [2.45, 2.75) is 25.7 Å². The van der Waals surface area contributed by atoms with Crippen LogP contribution in [0.4, 0.5) is 0 Å². The third-order valence-corrected chi connectivity index (χ3v) is 4.14. The van der Waals surface area contributed by atoms with Crippen LogP contribution in [-0.4, -0.2) is 18.6 Å². The molecule has 0 bridgehead atoms. The first-order chi connectivity index (χ1) is 8.99. The monoisotopic (exact) mass is 356 g/mol. The summed E-state index contributed by atoms with van der Waals surface area (Å²) in [7, 11) is 1.99. The number of aromatic amines is 1. The summed E-state index contributed by atoms with van der Waals surface area (Å²) in [5.74, 6) is 0. The van der Waals surface area contributed by atoms with Gasteiger partial charge in [-0.25, -0.2) is 0 Å². The molecule has 2 aromatic rings. The van der Waals surface area contributed by atoms with Crippen molar-refractivity contribution in [1.29, 1.82) is 0 Å². The molecule has 1 heterocycles. The van der Waals surface area contributed by atoms with Gasteiger partial charge >= 0.3 is 0 Å². The molecule has 0 aliphatic rings. The first kappa shape index (κ1) is 17.3. The Morgan fingerprint density at radius 1 is 1.40 bits per heavy atom. The average molecular weight is 358 g/mol. The van der Waals surface area contributed by atoms with Gasteiger partial charge in [0.15, 0.2) is 0 Å². The Balaban J connectivity index is 0.00000200. The highest BCUT2D eigenvalue weighted by Gasteiger charge is 2.23. The van der Waals surface area contributed by atoms with Crippen LogP contribution in [0.1, 0.15) is 25.1 Å². The molecule has 0 spiro atoms. The quantitative estimate of drug-likeness (QED) is 0.753. The lowest BCUT2D eigenvalue weighted by Crippen LogP contribution is -2.18. The number of fused-ring (bicyclic) bond motifs is 1. The molecule has 2 rings (SSSR count). The molecule has 2 N–H and O–H groups in total. The molecular weight excluding hydrogens is 336 g/mol. The molecule has 0 saturated carbocycles. The van der Waals surface area contributed by atoms with Crippen molar-refractivity contribution in [2.24, 2.45) is 0 Å². The average Bonchev–Trinajstić information content (AvgIpc) is 2.74. The molecule has 1 aromatic heterocycles. The Morgan fingerprint density at radius 3 is 2.70 bits per heavy atom. The van der Waals surface area contributed by atoms with Gasteiger partial charge in [-0.3, -0.25) is 0 Å². The molecule has 0 radical (unpaired) electrons. The van der Waals surface area contributed by atoms with Crippen LogP contribution in [0.5, 0.6) is 0 Å². The summed E-state index contributed by atoms with van der Waals surface area (Å²) in [5.41, 5.74) is 3.80. The molecule has 4 heteroatoms. The lowest BCUT2D eigenvalue weighted by atomic mass is 9.86. The number of halogens is 2. The van der Waals surface area contributed by atoms with Crippen molar-refractivity contribution in [1.82, 2.24) is 10.3 Å². The Bertz CT molecular complexity index is 602. The molecule has 0 amide bonds. The van der Waals surface area contributed by atoms with E-state index in [0.29, 0.717) is 0 Å². The zero-order chi connectivity index (χ0) is 14.0. The molecular formula is C16H22BrClN2. The Morgan fingerprint density at radius 2 is 2.10 bits per heavy atom. The first-order valence-electron chi connectivity index (χ1n) is 6.58. The fourth-order valence-corrected chi connectivity index (χ4v) is 2.75. The topological polar surface area (TPSA) is 27.8 Å².